The fourth-order valence-electron chi connectivity index (χ4n) is 3.01. The maximum Gasteiger partial charge on any atom is 0.0224 e. The van der Waals surface area contributed by atoms with Crippen molar-refractivity contribution in [1.82, 2.24) is 4.90 Å². The second-order valence-corrected chi connectivity index (χ2v) is 4.85. The molecule has 0 spiro atoms. The van der Waals surface area contributed by atoms with Crippen LogP contribution in [0.3, 0.4) is 0 Å². The Bertz CT molecular complexity index is 248. The Morgan fingerprint density at radius 1 is 1.33 bits per heavy atom. The first-order chi connectivity index (χ1) is 7.33. The van der Waals surface area contributed by atoms with Gasteiger partial charge in [-0.25, -0.2) is 0 Å². The fourth-order valence-corrected chi connectivity index (χ4v) is 3.01. The molecule has 0 radical (unpaired) electrons. The van der Waals surface area contributed by atoms with Crippen LogP contribution in [0, 0.1) is 17.2 Å². The third-order valence-electron chi connectivity index (χ3n) is 3.92. The van der Waals surface area contributed by atoms with Crippen LogP contribution < -0.4 is 5.73 Å². The zero-order valence-corrected chi connectivity index (χ0v) is 9.28. The summed E-state index contributed by atoms with van der Waals surface area (Å²) in [6, 6.07) is 0. The molecule has 2 fully saturated rings. The number of hydrogen-bond donors (Lipinski definition) is 2. The van der Waals surface area contributed by atoms with Gasteiger partial charge in [-0.3, -0.25) is 0 Å². The first-order valence-electron chi connectivity index (χ1n) is 5.97. The zero-order chi connectivity index (χ0) is 10.7. The van der Waals surface area contributed by atoms with E-state index < -0.39 is 0 Å². The van der Waals surface area contributed by atoms with Crippen molar-refractivity contribution in [1.29, 1.82) is 5.41 Å². The topological polar surface area (TPSA) is 53.1 Å². The quantitative estimate of drug-likeness (QED) is 0.688. The van der Waals surface area contributed by atoms with Gasteiger partial charge in [-0.1, -0.05) is 6.42 Å². The molecule has 3 heteroatoms. The molecule has 0 amide bonds. The molecule has 0 aromatic heterocycles. The molecular formula is C12H21N3. The van der Waals surface area contributed by atoms with Gasteiger partial charge in [0.15, 0.2) is 0 Å². The highest BCUT2D eigenvalue weighted by Crippen LogP contribution is 2.37. The predicted molar refractivity (Wildman–Crippen MR) is 62.9 cm³/mol. The number of hydrogen-bond acceptors (Lipinski definition) is 3. The molecule has 0 aromatic rings. The summed E-state index contributed by atoms with van der Waals surface area (Å²) in [5.41, 5.74) is 6.38. The average molecular weight is 207 g/mol. The molecule has 0 aromatic carbocycles. The molecule has 3 nitrogen and oxygen atoms in total. The largest absolute Gasteiger partial charge is 0.404 e. The van der Waals surface area contributed by atoms with Crippen molar-refractivity contribution in [3.05, 3.63) is 11.8 Å². The summed E-state index contributed by atoms with van der Waals surface area (Å²) in [5.74, 6) is 1.94. The predicted octanol–water partition coefficient (Wildman–Crippen LogP) is 1.60. The molecule has 1 unspecified atom stereocenters. The van der Waals surface area contributed by atoms with E-state index in [1.54, 1.807) is 6.20 Å². The minimum Gasteiger partial charge on any atom is -0.404 e. The first kappa shape index (κ1) is 10.7. The van der Waals surface area contributed by atoms with Crippen LogP contribution >= 0.6 is 0 Å². The Morgan fingerprint density at radius 2 is 2.00 bits per heavy atom. The van der Waals surface area contributed by atoms with Crippen molar-refractivity contribution in [2.75, 3.05) is 19.6 Å². The van der Waals surface area contributed by atoms with E-state index >= 15 is 0 Å². The van der Waals surface area contributed by atoms with Gasteiger partial charge in [0.05, 0.1) is 0 Å². The van der Waals surface area contributed by atoms with Crippen molar-refractivity contribution >= 4 is 6.21 Å². The number of nitrogens with one attached hydrogen (secondary N) is 1. The molecule has 2 atom stereocenters. The van der Waals surface area contributed by atoms with Crippen LogP contribution in [-0.4, -0.2) is 30.7 Å². The van der Waals surface area contributed by atoms with Crippen LogP contribution in [0.15, 0.2) is 11.8 Å². The van der Waals surface area contributed by atoms with Gasteiger partial charge in [0.2, 0.25) is 0 Å². The normalized spacial score (nSPS) is 31.9. The second-order valence-electron chi connectivity index (χ2n) is 4.85. The Morgan fingerprint density at radius 3 is 2.53 bits per heavy atom. The van der Waals surface area contributed by atoms with Crippen molar-refractivity contribution in [3.8, 4) is 0 Å². The molecule has 15 heavy (non-hydrogen) atoms. The number of likely N-dealkylation sites (tertiary alicyclic amines) is 1. The molecule has 84 valence electrons. The molecule has 1 saturated carbocycles. The lowest BCUT2D eigenvalue weighted by Gasteiger charge is -2.16. The lowest BCUT2D eigenvalue weighted by molar-refractivity contribution is 0.316. The standard InChI is InChI=1S/C12H21N3/c13-6-10(7-14)4-5-15-8-11-2-1-3-12(11)9-15/h6-7,11-13H,1-5,8-9,14H2/b10-7-,13-6?/t11-,12?/m1/s1. The SMILES string of the molecule is N=C/C(=C\N)CCN1CC2CCC[C@@H]2C1. The van der Waals surface area contributed by atoms with Crippen LogP contribution in [0.25, 0.3) is 0 Å². The van der Waals surface area contributed by atoms with Crippen molar-refractivity contribution in [2.24, 2.45) is 17.6 Å². The molecule has 3 N–H and O–H groups in total. The van der Waals surface area contributed by atoms with Gasteiger partial charge in [0.1, 0.15) is 0 Å². The zero-order valence-electron chi connectivity index (χ0n) is 9.28. The summed E-state index contributed by atoms with van der Waals surface area (Å²) in [7, 11) is 0. The van der Waals surface area contributed by atoms with E-state index in [2.05, 4.69) is 4.90 Å². The summed E-state index contributed by atoms with van der Waals surface area (Å²) >= 11 is 0. The van der Waals surface area contributed by atoms with Gasteiger partial charge in [0, 0.05) is 25.8 Å². The lowest BCUT2D eigenvalue weighted by Crippen LogP contribution is -2.23. The van der Waals surface area contributed by atoms with Crippen LogP contribution in [0.5, 0.6) is 0 Å². The molecule has 1 saturated heterocycles. The van der Waals surface area contributed by atoms with E-state index in [4.69, 9.17) is 11.1 Å². The summed E-state index contributed by atoms with van der Waals surface area (Å²) < 4.78 is 0. The van der Waals surface area contributed by atoms with Crippen molar-refractivity contribution in [3.63, 3.8) is 0 Å². The molecule has 2 aliphatic rings. The summed E-state index contributed by atoms with van der Waals surface area (Å²) in [4.78, 5) is 2.54. The third-order valence-corrected chi connectivity index (χ3v) is 3.92. The van der Waals surface area contributed by atoms with Crippen LogP contribution in [0.4, 0.5) is 0 Å². The molecule has 1 aliphatic carbocycles. The number of fused-ring (bicyclic) bond motifs is 1. The average Bonchev–Trinajstić information content (AvgIpc) is 2.79. The van der Waals surface area contributed by atoms with Crippen LogP contribution in [0.2, 0.25) is 0 Å². The van der Waals surface area contributed by atoms with Gasteiger partial charge in [-0.05, 0) is 42.9 Å². The van der Waals surface area contributed by atoms with Gasteiger partial charge in [0.25, 0.3) is 0 Å². The summed E-state index contributed by atoms with van der Waals surface area (Å²) in [5, 5.41) is 7.17. The fraction of sp³-hybridized carbons (Fsp3) is 0.750. The van der Waals surface area contributed by atoms with E-state index in [1.807, 2.05) is 0 Å². The Balaban J connectivity index is 1.75. The number of rotatable bonds is 4. The van der Waals surface area contributed by atoms with Crippen LogP contribution in [-0.2, 0) is 0 Å². The first-order valence-corrected chi connectivity index (χ1v) is 5.97. The van der Waals surface area contributed by atoms with Crippen molar-refractivity contribution in [2.45, 2.75) is 25.7 Å². The van der Waals surface area contributed by atoms with E-state index in [9.17, 15) is 0 Å². The molecule has 1 aliphatic heterocycles. The molecule has 2 rings (SSSR count). The molecule has 0 bridgehead atoms. The van der Waals surface area contributed by atoms with E-state index in [0.29, 0.717) is 0 Å². The molecule has 1 heterocycles. The van der Waals surface area contributed by atoms with E-state index in [-0.39, 0.29) is 0 Å². The van der Waals surface area contributed by atoms with Gasteiger partial charge >= 0.3 is 0 Å². The number of nitrogens with zero attached hydrogens (tertiary/aromatic N) is 1. The van der Waals surface area contributed by atoms with Crippen molar-refractivity contribution < 1.29 is 0 Å². The highest BCUT2D eigenvalue weighted by molar-refractivity contribution is 5.75. The number of nitrogens with two attached hydrogens (primary N) is 1. The van der Waals surface area contributed by atoms with Gasteiger partial charge in [-0.2, -0.15) is 0 Å². The smallest absolute Gasteiger partial charge is 0.0224 e. The van der Waals surface area contributed by atoms with E-state index in [0.717, 1.165) is 30.4 Å². The maximum absolute atomic E-state index is 7.17. The van der Waals surface area contributed by atoms with E-state index in [1.165, 1.54) is 38.6 Å². The second kappa shape index (κ2) is 4.79. The Hall–Kier alpha value is -0.830. The summed E-state index contributed by atoms with van der Waals surface area (Å²) in [6.07, 6.45) is 8.18. The lowest BCUT2D eigenvalue weighted by atomic mass is 10.0. The van der Waals surface area contributed by atoms with Gasteiger partial charge < -0.3 is 16.0 Å². The third kappa shape index (κ3) is 2.40. The van der Waals surface area contributed by atoms with Crippen LogP contribution in [0.1, 0.15) is 25.7 Å². The Kier molecular flexibility index (Phi) is 3.41. The minimum atomic E-state index is 0.930. The maximum atomic E-state index is 7.17. The highest BCUT2D eigenvalue weighted by atomic mass is 15.2. The highest BCUT2D eigenvalue weighted by Gasteiger charge is 2.35. The summed E-state index contributed by atoms with van der Waals surface area (Å²) in [6.45, 7) is 3.63. The Labute approximate surface area is 91.8 Å². The monoisotopic (exact) mass is 207 g/mol. The minimum absolute atomic E-state index is 0.930. The van der Waals surface area contributed by atoms with Gasteiger partial charge in [-0.15, -0.1) is 0 Å². The molecular weight excluding hydrogens is 186 g/mol.